The molecule has 1 aromatic carbocycles. The van der Waals surface area contributed by atoms with Crippen LogP contribution in [0.25, 0.3) is 0 Å². The number of likely N-dealkylation sites (tertiary alicyclic amines) is 1. The molecule has 1 fully saturated rings. The Kier molecular flexibility index (Phi) is 9.82. The Balaban J connectivity index is 0.00000288. The molecule has 1 heterocycles. The van der Waals surface area contributed by atoms with Gasteiger partial charge < -0.3 is 15.0 Å². The molecule has 136 valence electrons. The highest BCUT2D eigenvalue weighted by Crippen LogP contribution is 2.26. The molecule has 0 radical (unpaired) electrons. The normalized spacial score (nSPS) is 15.0. The lowest BCUT2D eigenvalue weighted by Crippen LogP contribution is -2.39. The zero-order valence-corrected chi connectivity index (χ0v) is 16.2. The van der Waals surface area contributed by atoms with Gasteiger partial charge in [0.1, 0.15) is 5.75 Å². The first-order valence-corrected chi connectivity index (χ1v) is 8.85. The first-order chi connectivity index (χ1) is 11.1. The van der Waals surface area contributed by atoms with Crippen LogP contribution in [0.4, 0.5) is 0 Å². The highest BCUT2D eigenvalue weighted by molar-refractivity contribution is 6.34. The maximum atomic E-state index is 12.1. The van der Waals surface area contributed by atoms with E-state index in [4.69, 9.17) is 27.9 Å². The molecule has 0 aromatic heterocycles. The Bertz CT molecular complexity index is 500. The fraction of sp³-hybridized carbons (Fsp3) is 0.588. The van der Waals surface area contributed by atoms with Crippen molar-refractivity contribution in [3.63, 3.8) is 0 Å². The number of piperidine rings is 1. The summed E-state index contributed by atoms with van der Waals surface area (Å²) in [5.74, 6) is 1.43. The summed E-state index contributed by atoms with van der Waals surface area (Å²) >= 11 is 11.9. The number of ether oxygens (including phenoxy) is 1. The van der Waals surface area contributed by atoms with E-state index in [2.05, 4.69) is 5.32 Å². The summed E-state index contributed by atoms with van der Waals surface area (Å²) in [7, 11) is 1.91. The fourth-order valence-corrected chi connectivity index (χ4v) is 3.26. The lowest BCUT2D eigenvalue weighted by atomic mass is 9.97. The molecule has 0 aliphatic carbocycles. The molecule has 1 amide bonds. The Morgan fingerprint density at radius 1 is 1.25 bits per heavy atom. The molecule has 0 saturated carbocycles. The van der Waals surface area contributed by atoms with Crippen molar-refractivity contribution < 1.29 is 9.53 Å². The van der Waals surface area contributed by atoms with Crippen molar-refractivity contribution in [2.45, 2.75) is 25.7 Å². The van der Waals surface area contributed by atoms with Gasteiger partial charge in [0.15, 0.2) is 0 Å². The number of carbonyl (C=O) groups is 1. The maximum absolute atomic E-state index is 12.1. The maximum Gasteiger partial charge on any atom is 0.222 e. The van der Waals surface area contributed by atoms with E-state index in [0.717, 1.165) is 38.9 Å². The van der Waals surface area contributed by atoms with Gasteiger partial charge in [0, 0.05) is 29.6 Å². The summed E-state index contributed by atoms with van der Waals surface area (Å²) in [5, 5.41) is 4.22. The third kappa shape index (κ3) is 7.06. The van der Waals surface area contributed by atoms with E-state index in [1.165, 1.54) is 0 Å². The van der Waals surface area contributed by atoms with Gasteiger partial charge in [0.25, 0.3) is 0 Å². The van der Waals surface area contributed by atoms with Crippen molar-refractivity contribution in [2.75, 3.05) is 33.3 Å². The first kappa shape index (κ1) is 21.4. The van der Waals surface area contributed by atoms with Gasteiger partial charge in [-0.25, -0.2) is 0 Å². The standard InChI is InChI=1S/C17H24Cl2N2O2.ClH/c1-20-6-2-3-17(22)21-7-4-13(5-8-21)12-23-16-10-14(18)9-15(19)11-16;/h9-11,13,20H,2-8,12H2,1H3;1H. The largest absolute Gasteiger partial charge is 0.493 e. The summed E-state index contributed by atoms with van der Waals surface area (Å²) in [6.07, 6.45) is 3.48. The summed E-state index contributed by atoms with van der Waals surface area (Å²) < 4.78 is 5.80. The number of amides is 1. The van der Waals surface area contributed by atoms with Gasteiger partial charge in [-0.05, 0) is 57.0 Å². The molecule has 4 nitrogen and oxygen atoms in total. The molecule has 1 aliphatic rings. The zero-order chi connectivity index (χ0) is 16.7. The highest BCUT2D eigenvalue weighted by atomic mass is 35.5. The van der Waals surface area contributed by atoms with Crippen molar-refractivity contribution in [2.24, 2.45) is 5.92 Å². The number of carbonyl (C=O) groups excluding carboxylic acids is 1. The van der Waals surface area contributed by atoms with Crippen molar-refractivity contribution in [1.82, 2.24) is 10.2 Å². The minimum atomic E-state index is 0. The van der Waals surface area contributed by atoms with Gasteiger partial charge in [0.05, 0.1) is 6.61 Å². The second-order valence-electron chi connectivity index (χ2n) is 5.95. The number of halogens is 3. The predicted octanol–water partition coefficient (Wildman–Crippen LogP) is 4.03. The van der Waals surface area contributed by atoms with E-state index in [0.29, 0.717) is 34.7 Å². The van der Waals surface area contributed by atoms with Gasteiger partial charge in [-0.1, -0.05) is 23.2 Å². The third-order valence-corrected chi connectivity index (χ3v) is 4.54. The number of nitrogens with one attached hydrogen (secondary N) is 1. The van der Waals surface area contributed by atoms with Crippen LogP contribution >= 0.6 is 35.6 Å². The SMILES string of the molecule is CNCCCC(=O)N1CCC(COc2cc(Cl)cc(Cl)c2)CC1.Cl. The molecule has 1 saturated heterocycles. The average molecular weight is 396 g/mol. The molecular weight excluding hydrogens is 371 g/mol. The predicted molar refractivity (Wildman–Crippen MR) is 102 cm³/mol. The molecule has 2 rings (SSSR count). The molecule has 0 bridgehead atoms. The van der Waals surface area contributed by atoms with Crippen LogP contribution in [0.5, 0.6) is 5.75 Å². The zero-order valence-electron chi connectivity index (χ0n) is 13.9. The quantitative estimate of drug-likeness (QED) is 0.709. The molecule has 0 spiro atoms. The van der Waals surface area contributed by atoms with E-state index in [-0.39, 0.29) is 18.3 Å². The Labute approximate surface area is 160 Å². The Morgan fingerprint density at radius 3 is 2.46 bits per heavy atom. The van der Waals surface area contributed by atoms with Crippen LogP contribution in [0.3, 0.4) is 0 Å². The van der Waals surface area contributed by atoms with Gasteiger partial charge in [-0.15, -0.1) is 12.4 Å². The van der Waals surface area contributed by atoms with Crippen LogP contribution in [0, 0.1) is 5.92 Å². The summed E-state index contributed by atoms with van der Waals surface area (Å²) in [5.41, 5.74) is 0. The summed E-state index contributed by atoms with van der Waals surface area (Å²) in [6, 6.07) is 5.23. The number of hydrogen-bond donors (Lipinski definition) is 1. The molecule has 0 atom stereocenters. The number of nitrogens with zero attached hydrogens (tertiary/aromatic N) is 1. The fourth-order valence-electron chi connectivity index (χ4n) is 2.75. The smallest absolute Gasteiger partial charge is 0.222 e. The average Bonchev–Trinajstić information content (AvgIpc) is 2.53. The van der Waals surface area contributed by atoms with Crippen LogP contribution in [-0.2, 0) is 4.79 Å². The van der Waals surface area contributed by atoms with Crippen molar-refractivity contribution >= 4 is 41.5 Å². The summed E-state index contributed by atoms with van der Waals surface area (Å²) in [4.78, 5) is 14.0. The van der Waals surface area contributed by atoms with E-state index in [1.54, 1.807) is 18.2 Å². The lowest BCUT2D eigenvalue weighted by Gasteiger charge is -2.32. The number of rotatable bonds is 7. The highest BCUT2D eigenvalue weighted by Gasteiger charge is 2.22. The molecule has 0 unspecified atom stereocenters. The third-order valence-electron chi connectivity index (χ3n) is 4.11. The van der Waals surface area contributed by atoms with Crippen molar-refractivity contribution in [3.8, 4) is 5.75 Å². The first-order valence-electron chi connectivity index (χ1n) is 8.09. The number of hydrogen-bond acceptors (Lipinski definition) is 3. The lowest BCUT2D eigenvalue weighted by molar-refractivity contribution is -0.132. The van der Waals surface area contributed by atoms with Crippen molar-refractivity contribution in [1.29, 1.82) is 0 Å². The molecule has 7 heteroatoms. The molecule has 24 heavy (non-hydrogen) atoms. The monoisotopic (exact) mass is 394 g/mol. The molecule has 1 aliphatic heterocycles. The van der Waals surface area contributed by atoms with E-state index in [9.17, 15) is 4.79 Å². The van der Waals surface area contributed by atoms with Gasteiger partial charge in [0.2, 0.25) is 5.91 Å². The summed E-state index contributed by atoms with van der Waals surface area (Å²) in [6.45, 7) is 3.17. The Hall–Kier alpha value is -0.680. The second kappa shape index (κ2) is 11.0. The van der Waals surface area contributed by atoms with E-state index < -0.39 is 0 Å². The van der Waals surface area contributed by atoms with Gasteiger partial charge in [-0.3, -0.25) is 4.79 Å². The van der Waals surface area contributed by atoms with E-state index >= 15 is 0 Å². The second-order valence-corrected chi connectivity index (χ2v) is 6.82. The van der Waals surface area contributed by atoms with Crippen LogP contribution < -0.4 is 10.1 Å². The van der Waals surface area contributed by atoms with Gasteiger partial charge >= 0.3 is 0 Å². The van der Waals surface area contributed by atoms with Crippen LogP contribution in [0.15, 0.2) is 18.2 Å². The Morgan fingerprint density at radius 2 is 1.88 bits per heavy atom. The van der Waals surface area contributed by atoms with Gasteiger partial charge in [-0.2, -0.15) is 0 Å². The minimum Gasteiger partial charge on any atom is -0.493 e. The van der Waals surface area contributed by atoms with E-state index in [1.807, 2.05) is 11.9 Å². The topological polar surface area (TPSA) is 41.6 Å². The van der Waals surface area contributed by atoms with Crippen LogP contribution in [-0.4, -0.2) is 44.1 Å². The van der Waals surface area contributed by atoms with Crippen LogP contribution in [0.1, 0.15) is 25.7 Å². The minimum absolute atomic E-state index is 0. The van der Waals surface area contributed by atoms with Crippen LogP contribution in [0.2, 0.25) is 10.0 Å². The molecule has 1 aromatic rings. The van der Waals surface area contributed by atoms with Crippen molar-refractivity contribution in [3.05, 3.63) is 28.2 Å². The molecule has 1 N–H and O–H groups in total. The number of benzene rings is 1. The molecular formula is C17H25Cl3N2O2.